The van der Waals surface area contributed by atoms with Gasteiger partial charge in [0.2, 0.25) is 11.8 Å². The zero-order chi connectivity index (χ0) is 20.9. The van der Waals surface area contributed by atoms with Crippen molar-refractivity contribution in [1.29, 1.82) is 0 Å². The number of carbonyl (C=O) groups excluding carboxylic acids is 2. The van der Waals surface area contributed by atoms with Crippen molar-refractivity contribution >= 4 is 11.8 Å². The largest absolute Gasteiger partial charge is 0.356 e. The van der Waals surface area contributed by atoms with Crippen molar-refractivity contribution in [2.75, 3.05) is 39.3 Å². The van der Waals surface area contributed by atoms with E-state index >= 15 is 0 Å². The Morgan fingerprint density at radius 2 is 1.83 bits per heavy atom. The molecular weight excluding hydrogens is 380 g/mol. The molecule has 0 bridgehead atoms. The van der Waals surface area contributed by atoms with E-state index in [9.17, 15) is 9.59 Å². The molecule has 2 aliphatic heterocycles. The molecule has 2 saturated heterocycles. The van der Waals surface area contributed by atoms with Gasteiger partial charge in [0.1, 0.15) is 0 Å². The van der Waals surface area contributed by atoms with Crippen LogP contribution in [0.15, 0.2) is 40.9 Å². The fourth-order valence-corrected chi connectivity index (χ4v) is 4.52. The molecule has 7 nitrogen and oxygen atoms in total. The molecule has 1 N–H and O–H groups in total. The number of benzene rings is 1. The lowest BCUT2D eigenvalue weighted by atomic mass is 9.81. The van der Waals surface area contributed by atoms with Crippen LogP contribution in [-0.2, 0) is 16.0 Å². The lowest BCUT2D eigenvalue weighted by Gasteiger charge is -2.37. The number of nitrogens with zero attached hydrogens (tertiary/aromatic N) is 3. The van der Waals surface area contributed by atoms with Gasteiger partial charge >= 0.3 is 0 Å². The van der Waals surface area contributed by atoms with Crippen LogP contribution in [0.25, 0.3) is 11.3 Å². The molecule has 0 aliphatic carbocycles. The molecule has 2 aliphatic rings. The van der Waals surface area contributed by atoms with E-state index in [0.717, 1.165) is 42.9 Å². The van der Waals surface area contributed by atoms with Crippen LogP contribution in [0.4, 0.5) is 0 Å². The first kappa shape index (κ1) is 20.6. The third kappa shape index (κ3) is 4.90. The molecule has 2 unspecified atom stereocenters. The fourth-order valence-electron chi connectivity index (χ4n) is 4.52. The summed E-state index contributed by atoms with van der Waals surface area (Å²) in [5.41, 5.74) is 1.96. The molecule has 1 aromatic heterocycles. The van der Waals surface area contributed by atoms with Crippen LogP contribution in [0.1, 0.15) is 25.5 Å². The summed E-state index contributed by atoms with van der Waals surface area (Å²) in [6.07, 6.45) is 2.36. The number of hydrogen-bond acceptors (Lipinski definition) is 5. The lowest BCUT2D eigenvalue weighted by molar-refractivity contribution is -0.139. The van der Waals surface area contributed by atoms with E-state index in [1.165, 1.54) is 0 Å². The first-order chi connectivity index (χ1) is 14.6. The number of piperazine rings is 1. The molecule has 4 rings (SSSR count). The Labute approximate surface area is 177 Å². The Bertz CT molecular complexity index is 858. The molecule has 2 atom stereocenters. The van der Waals surface area contributed by atoms with E-state index < -0.39 is 0 Å². The number of nitrogens with one attached hydrogen (secondary N) is 1. The molecule has 0 spiro atoms. The Balaban J connectivity index is 1.35. The van der Waals surface area contributed by atoms with E-state index in [-0.39, 0.29) is 11.8 Å². The topological polar surface area (TPSA) is 78.7 Å². The van der Waals surface area contributed by atoms with E-state index in [4.69, 9.17) is 4.52 Å². The predicted molar refractivity (Wildman–Crippen MR) is 114 cm³/mol. The average Bonchev–Trinajstić information content (AvgIpc) is 3.24. The third-order valence-corrected chi connectivity index (χ3v) is 6.37. The number of aromatic nitrogens is 1. The van der Waals surface area contributed by atoms with Crippen LogP contribution < -0.4 is 5.32 Å². The fraction of sp³-hybridized carbons (Fsp3) is 0.522. The minimum Gasteiger partial charge on any atom is -0.356 e. The molecule has 160 valence electrons. The minimum absolute atomic E-state index is 0.0861. The van der Waals surface area contributed by atoms with Gasteiger partial charge in [0.15, 0.2) is 5.76 Å². The SMILES string of the molecule is CC(=O)N1CCN(C(=O)CC2CCNCC2Cc2cc(-c3ccccc3)on2)CC1. The van der Waals surface area contributed by atoms with E-state index in [1.807, 2.05) is 46.2 Å². The first-order valence-electron chi connectivity index (χ1n) is 10.8. The maximum absolute atomic E-state index is 12.9. The maximum Gasteiger partial charge on any atom is 0.222 e. The summed E-state index contributed by atoms with van der Waals surface area (Å²) < 4.78 is 5.56. The van der Waals surface area contributed by atoms with Gasteiger partial charge in [-0.25, -0.2) is 0 Å². The summed E-state index contributed by atoms with van der Waals surface area (Å²) in [6.45, 7) is 5.97. The van der Waals surface area contributed by atoms with Gasteiger partial charge in [-0.3, -0.25) is 9.59 Å². The molecule has 7 heteroatoms. The smallest absolute Gasteiger partial charge is 0.222 e. The Kier molecular flexibility index (Phi) is 6.47. The number of rotatable bonds is 5. The maximum atomic E-state index is 12.9. The number of amides is 2. The van der Waals surface area contributed by atoms with Crippen LogP contribution in [0.5, 0.6) is 0 Å². The molecule has 0 radical (unpaired) electrons. The Morgan fingerprint density at radius 1 is 1.10 bits per heavy atom. The van der Waals surface area contributed by atoms with Gasteiger partial charge in [0.05, 0.1) is 5.69 Å². The number of hydrogen-bond donors (Lipinski definition) is 1. The standard InChI is InChI=1S/C23H30N4O3/c1-17(28)26-9-11-27(12-10-26)23(29)14-19-7-8-24-16-20(19)13-21-15-22(30-25-21)18-5-3-2-4-6-18/h2-6,15,19-20,24H,7-14,16H2,1H3. The highest BCUT2D eigenvalue weighted by Crippen LogP contribution is 2.28. The normalized spacial score (nSPS) is 22.2. The van der Waals surface area contributed by atoms with Crippen molar-refractivity contribution in [2.24, 2.45) is 11.8 Å². The van der Waals surface area contributed by atoms with Crippen LogP contribution in [0.2, 0.25) is 0 Å². The molecule has 2 amide bonds. The molecule has 3 heterocycles. The molecule has 0 saturated carbocycles. The van der Waals surface area contributed by atoms with Gasteiger partial charge in [-0.2, -0.15) is 0 Å². The monoisotopic (exact) mass is 410 g/mol. The average molecular weight is 411 g/mol. The van der Waals surface area contributed by atoms with E-state index in [1.54, 1.807) is 6.92 Å². The Morgan fingerprint density at radius 3 is 2.57 bits per heavy atom. The second kappa shape index (κ2) is 9.43. The van der Waals surface area contributed by atoms with Crippen LogP contribution in [0.3, 0.4) is 0 Å². The van der Waals surface area contributed by atoms with Gasteiger partial charge in [0.25, 0.3) is 0 Å². The summed E-state index contributed by atoms with van der Waals surface area (Å²) in [7, 11) is 0. The van der Waals surface area contributed by atoms with Crippen molar-refractivity contribution in [3.63, 3.8) is 0 Å². The van der Waals surface area contributed by atoms with Gasteiger partial charge in [-0.05, 0) is 37.8 Å². The van der Waals surface area contributed by atoms with Crippen LogP contribution in [-0.4, -0.2) is 66.0 Å². The predicted octanol–water partition coefficient (Wildman–Crippen LogP) is 2.19. The summed E-state index contributed by atoms with van der Waals surface area (Å²) in [6, 6.07) is 12.0. The summed E-state index contributed by atoms with van der Waals surface area (Å²) in [5.74, 6) is 1.77. The molecule has 30 heavy (non-hydrogen) atoms. The number of carbonyl (C=O) groups is 2. The molecule has 2 fully saturated rings. The summed E-state index contributed by atoms with van der Waals surface area (Å²) in [4.78, 5) is 28.1. The van der Waals surface area contributed by atoms with Gasteiger partial charge in [0, 0.05) is 51.2 Å². The zero-order valence-corrected chi connectivity index (χ0v) is 17.5. The molecular formula is C23H30N4O3. The van der Waals surface area contributed by atoms with Crippen molar-refractivity contribution in [3.05, 3.63) is 42.1 Å². The van der Waals surface area contributed by atoms with E-state index in [2.05, 4.69) is 10.5 Å². The highest BCUT2D eigenvalue weighted by Gasteiger charge is 2.31. The van der Waals surface area contributed by atoms with Crippen molar-refractivity contribution in [1.82, 2.24) is 20.3 Å². The minimum atomic E-state index is 0.0861. The molecule has 2 aromatic rings. The quantitative estimate of drug-likeness (QED) is 0.818. The summed E-state index contributed by atoms with van der Waals surface area (Å²) in [5, 5.41) is 7.75. The van der Waals surface area contributed by atoms with Gasteiger partial charge in [-0.15, -0.1) is 0 Å². The zero-order valence-electron chi connectivity index (χ0n) is 17.5. The lowest BCUT2D eigenvalue weighted by Crippen LogP contribution is -2.51. The van der Waals surface area contributed by atoms with Crippen molar-refractivity contribution < 1.29 is 14.1 Å². The highest BCUT2D eigenvalue weighted by atomic mass is 16.5. The van der Waals surface area contributed by atoms with Crippen LogP contribution >= 0.6 is 0 Å². The van der Waals surface area contributed by atoms with Crippen molar-refractivity contribution in [2.45, 2.75) is 26.2 Å². The first-order valence-corrected chi connectivity index (χ1v) is 10.8. The van der Waals surface area contributed by atoms with Crippen LogP contribution in [0, 0.1) is 11.8 Å². The van der Waals surface area contributed by atoms with Gasteiger partial charge in [-0.1, -0.05) is 35.5 Å². The second-order valence-electron chi connectivity index (χ2n) is 8.36. The Hall–Kier alpha value is -2.67. The molecule has 1 aromatic carbocycles. The third-order valence-electron chi connectivity index (χ3n) is 6.37. The summed E-state index contributed by atoms with van der Waals surface area (Å²) >= 11 is 0. The number of piperidine rings is 1. The van der Waals surface area contributed by atoms with E-state index in [0.29, 0.717) is 44.4 Å². The highest BCUT2D eigenvalue weighted by molar-refractivity contribution is 5.77. The van der Waals surface area contributed by atoms with Gasteiger partial charge < -0.3 is 19.6 Å². The second-order valence-corrected chi connectivity index (χ2v) is 8.36. The van der Waals surface area contributed by atoms with Crippen molar-refractivity contribution in [3.8, 4) is 11.3 Å².